The Morgan fingerprint density at radius 2 is 1.88 bits per heavy atom. The van der Waals surface area contributed by atoms with E-state index >= 15 is 0 Å². The molecule has 5 nitrogen and oxygen atoms in total. The lowest BCUT2D eigenvalue weighted by atomic mass is 9.93. The summed E-state index contributed by atoms with van der Waals surface area (Å²) < 4.78 is 30.0. The van der Waals surface area contributed by atoms with Crippen molar-refractivity contribution < 1.29 is 17.9 Å². The lowest BCUT2D eigenvalue weighted by Crippen LogP contribution is -2.29. The molecule has 0 rings (SSSR count). The zero-order chi connectivity index (χ0) is 13.5. The predicted molar refractivity (Wildman–Crippen MR) is 67.1 cm³/mol. The van der Waals surface area contributed by atoms with Crippen molar-refractivity contribution in [1.29, 1.82) is 0 Å². The molecule has 0 radical (unpaired) electrons. The average Bonchev–Trinajstić information content (AvgIpc) is 2.14. The zero-order valence-corrected chi connectivity index (χ0v) is 11.9. The predicted octanol–water partition coefficient (Wildman–Crippen LogP) is 1.30. The zero-order valence-electron chi connectivity index (χ0n) is 11.1. The highest BCUT2D eigenvalue weighted by atomic mass is 32.2. The third-order valence-electron chi connectivity index (χ3n) is 2.22. The number of methoxy groups -OCH3 is 1. The number of ether oxygens (including phenoxy) is 1. The van der Waals surface area contributed by atoms with E-state index in [1.54, 1.807) is 0 Å². The molecule has 0 aliphatic rings. The summed E-state index contributed by atoms with van der Waals surface area (Å²) in [5.74, 6) is -0.415. The van der Waals surface area contributed by atoms with Gasteiger partial charge in [-0.15, -0.1) is 0 Å². The fraction of sp³-hybridized carbons (Fsp3) is 0.909. The lowest BCUT2D eigenvalue weighted by molar-refractivity contribution is -0.140. The van der Waals surface area contributed by atoms with E-state index in [0.717, 1.165) is 6.42 Å². The van der Waals surface area contributed by atoms with Crippen LogP contribution in [0.4, 0.5) is 0 Å². The molecule has 0 amide bonds. The van der Waals surface area contributed by atoms with Gasteiger partial charge < -0.3 is 4.74 Å². The summed E-state index contributed by atoms with van der Waals surface area (Å²) in [5.41, 5.74) is 0.106. The highest BCUT2D eigenvalue weighted by molar-refractivity contribution is 7.89. The first-order chi connectivity index (χ1) is 7.66. The van der Waals surface area contributed by atoms with Gasteiger partial charge in [-0.25, -0.2) is 13.1 Å². The van der Waals surface area contributed by atoms with E-state index in [0.29, 0.717) is 6.54 Å². The molecular formula is C11H23NO4S. The summed E-state index contributed by atoms with van der Waals surface area (Å²) >= 11 is 0. The van der Waals surface area contributed by atoms with Crippen LogP contribution in [-0.4, -0.2) is 33.8 Å². The molecule has 0 saturated carbocycles. The summed E-state index contributed by atoms with van der Waals surface area (Å²) in [4.78, 5) is 10.8. The number of esters is 1. The molecule has 0 aliphatic heterocycles. The second kappa shape index (κ2) is 6.96. The van der Waals surface area contributed by atoms with Gasteiger partial charge in [-0.2, -0.15) is 0 Å². The first kappa shape index (κ1) is 16.4. The molecule has 17 heavy (non-hydrogen) atoms. The van der Waals surface area contributed by atoms with Crippen LogP contribution in [0.5, 0.6) is 0 Å². The van der Waals surface area contributed by atoms with Crippen LogP contribution in [0, 0.1) is 5.41 Å². The highest BCUT2D eigenvalue weighted by Crippen LogP contribution is 2.17. The normalized spacial score (nSPS) is 12.5. The Labute approximate surface area is 104 Å². The molecule has 0 aliphatic carbocycles. The van der Waals surface area contributed by atoms with Gasteiger partial charge in [-0.3, -0.25) is 4.79 Å². The van der Waals surface area contributed by atoms with Crippen molar-refractivity contribution in [3.8, 4) is 0 Å². The van der Waals surface area contributed by atoms with Gasteiger partial charge in [0.05, 0.1) is 12.9 Å². The monoisotopic (exact) mass is 265 g/mol. The van der Waals surface area contributed by atoms with Crippen LogP contribution in [0.25, 0.3) is 0 Å². The summed E-state index contributed by atoms with van der Waals surface area (Å²) in [6.07, 6.45) is 1.21. The van der Waals surface area contributed by atoms with Crippen LogP contribution in [0.3, 0.4) is 0 Å². The Kier molecular flexibility index (Phi) is 6.70. The SMILES string of the molecule is COC(=O)CCCS(=O)(=O)NCCC(C)(C)C. The van der Waals surface area contributed by atoms with E-state index in [1.165, 1.54) is 7.11 Å². The van der Waals surface area contributed by atoms with Crippen LogP contribution in [0.2, 0.25) is 0 Å². The highest BCUT2D eigenvalue weighted by Gasteiger charge is 2.14. The van der Waals surface area contributed by atoms with Crippen molar-refractivity contribution >= 4 is 16.0 Å². The average molecular weight is 265 g/mol. The molecule has 0 spiro atoms. The molecule has 0 aromatic heterocycles. The molecule has 1 N–H and O–H groups in total. The van der Waals surface area contributed by atoms with E-state index in [4.69, 9.17) is 0 Å². The first-order valence-corrected chi connectivity index (χ1v) is 7.36. The Bertz CT molecular complexity index is 330. The number of nitrogens with one attached hydrogen (secondary N) is 1. The largest absolute Gasteiger partial charge is 0.469 e. The van der Waals surface area contributed by atoms with E-state index in [2.05, 4.69) is 30.2 Å². The first-order valence-electron chi connectivity index (χ1n) is 5.70. The minimum Gasteiger partial charge on any atom is -0.469 e. The van der Waals surface area contributed by atoms with Crippen molar-refractivity contribution in [2.45, 2.75) is 40.0 Å². The number of hydrogen-bond acceptors (Lipinski definition) is 4. The molecule has 0 heterocycles. The maximum Gasteiger partial charge on any atom is 0.305 e. The Morgan fingerprint density at radius 3 is 2.35 bits per heavy atom. The Hall–Kier alpha value is -0.620. The van der Waals surface area contributed by atoms with Crippen LogP contribution in [0.1, 0.15) is 40.0 Å². The quantitative estimate of drug-likeness (QED) is 0.704. The van der Waals surface area contributed by atoms with E-state index in [9.17, 15) is 13.2 Å². The third kappa shape index (κ3) is 10.3. The van der Waals surface area contributed by atoms with Gasteiger partial charge in [0.1, 0.15) is 0 Å². The van der Waals surface area contributed by atoms with E-state index in [-0.39, 0.29) is 30.0 Å². The van der Waals surface area contributed by atoms with Crippen LogP contribution < -0.4 is 4.72 Å². The third-order valence-corrected chi connectivity index (χ3v) is 3.69. The van der Waals surface area contributed by atoms with Gasteiger partial charge in [-0.1, -0.05) is 20.8 Å². The van der Waals surface area contributed by atoms with Crippen molar-refractivity contribution in [3.63, 3.8) is 0 Å². The Morgan fingerprint density at radius 1 is 1.29 bits per heavy atom. The summed E-state index contributed by atoms with van der Waals surface area (Å²) in [6, 6.07) is 0. The van der Waals surface area contributed by atoms with Gasteiger partial charge >= 0.3 is 5.97 Å². The second-order valence-corrected chi connectivity index (χ2v) is 7.13. The molecule has 0 aromatic carbocycles. The maximum absolute atomic E-state index is 11.5. The van der Waals surface area contributed by atoms with Gasteiger partial charge in [0.25, 0.3) is 0 Å². The molecule has 0 aromatic rings. The van der Waals surface area contributed by atoms with Crippen molar-refractivity contribution in [2.24, 2.45) is 5.41 Å². The fourth-order valence-corrected chi connectivity index (χ4v) is 2.24. The summed E-state index contributed by atoms with van der Waals surface area (Å²) in [7, 11) is -1.98. The topological polar surface area (TPSA) is 72.5 Å². The van der Waals surface area contributed by atoms with Crippen LogP contribution in [-0.2, 0) is 19.6 Å². The standard InChI is InChI=1S/C11H23NO4S/c1-11(2,3)7-8-12-17(14,15)9-5-6-10(13)16-4/h12H,5-9H2,1-4H3. The second-order valence-electron chi connectivity index (χ2n) is 5.20. The number of sulfonamides is 1. The number of carbonyl (C=O) groups is 1. The minimum atomic E-state index is -3.27. The van der Waals surface area contributed by atoms with Crippen LogP contribution in [0.15, 0.2) is 0 Å². The van der Waals surface area contributed by atoms with E-state index in [1.807, 2.05) is 0 Å². The van der Waals surface area contributed by atoms with Crippen LogP contribution >= 0.6 is 0 Å². The smallest absolute Gasteiger partial charge is 0.305 e. The molecule has 0 atom stereocenters. The lowest BCUT2D eigenvalue weighted by Gasteiger charge is -2.17. The van der Waals surface area contributed by atoms with Gasteiger partial charge in [-0.05, 0) is 18.3 Å². The summed E-state index contributed by atoms with van der Waals surface area (Å²) in [6.45, 7) is 6.60. The number of hydrogen-bond donors (Lipinski definition) is 1. The molecular weight excluding hydrogens is 242 g/mol. The number of rotatable bonds is 7. The van der Waals surface area contributed by atoms with Crippen molar-refractivity contribution in [2.75, 3.05) is 19.4 Å². The van der Waals surface area contributed by atoms with E-state index < -0.39 is 10.0 Å². The van der Waals surface area contributed by atoms with Crippen molar-refractivity contribution in [1.82, 2.24) is 4.72 Å². The summed E-state index contributed by atoms with van der Waals surface area (Å²) in [5, 5.41) is 0. The van der Waals surface area contributed by atoms with Gasteiger partial charge in [0, 0.05) is 13.0 Å². The Balaban J connectivity index is 3.85. The minimum absolute atomic E-state index is 0.0355. The van der Waals surface area contributed by atoms with Gasteiger partial charge in [0.15, 0.2) is 0 Å². The molecule has 0 fully saturated rings. The maximum atomic E-state index is 11.5. The molecule has 102 valence electrons. The van der Waals surface area contributed by atoms with Gasteiger partial charge in [0.2, 0.25) is 10.0 Å². The molecule has 0 unspecified atom stereocenters. The number of carbonyl (C=O) groups excluding carboxylic acids is 1. The molecule has 0 bridgehead atoms. The fourth-order valence-electron chi connectivity index (χ4n) is 1.16. The van der Waals surface area contributed by atoms with Crippen molar-refractivity contribution in [3.05, 3.63) is 0 Å². The molecule has 0 saturated heterocycles. The molecule has 6 heteroatoms.